The van der Waals surface area contributed by atoms with Gasteiger partial charge in [-0.05, 0) is 43.1 Å². The van der Waals surface area contributed by atoms with E-state index in [9.17, 15) is 0 Å². The molecule has 0 radical (unpaired) electrons. The van der Waals surface area contributed by atoms with Gasteiger partial charge in [0.1, 0.15) is 0 Å². The van der Waals surface area contributed by atoms with Gasteiger partial charge in [0.25, 0.3) is 0 Å². The number of benzene rings is 1. The monoisotopic (exact) mass is 251 g/mol. The number of thiol groups is 1. The molecular weight excluding hydrogens is 226 g/mol. The van der Waals surface area contributed by atoms with E-state index in [-0.39, 0.29) is 5.41 Å². The van der Waals surface area contributed by atoms with Gasteiger partial charge < -0.3 is 4.90 Å². The number of anilines is 1. The van der Waals surface area contributed by atoms with Crippen molar-refractivity contribution < 1.29 is 0 Å². The van der Waals surface area contributed by atoms with E-state index in [0.717, 1.165) is 25.3 Å². The molecule has 96 valence electrons. The lowest BCUT2D eigenvalue weighted by atomic mass is 9.81. The maximum Gasteiger partial charge on any atom is 0.0404 e. The van der Waals surface area contributed by atoms with Gasteiger partial charge in [0.2, 0.25) is 0 Å². The summed E-state index contributed by atoms with van der Waals surface area (Å²) in [5, 5.41) is 0. The predicted octanol–water partition coefficient (Wildman–Crippen LogP) is 4.13. The van der Waals surface area contributed by atoms with Crippen molar-refractivity contribution in [2.45, 2.75) is 39.5 Å². The van der Waals surface area contributed by atoms with Crippen LogP contribution >= 0.6 is 12.6 Å². The summed E-state index contributed by atoms with van der Waals surface area (Å²) in [6, 6.07) is 8.77. The van der Waals surface area contributed by atoms with E-state index in [1.807, 2.05) is 0 Å². The van der Waals surface area contributed by atoms with E-state index >= 15 is 0 Å². The zero-order chi connectivity index (χ0) is 12.9. The topological polar surface area (TPSA) is 3.24 Å². The van der Waals surface area contributed by atoms with Gasteiger partial charge in [0.15, 0.2) is 0 Å². The minimum atomic E-state index is 0.195. The van der Waals surface area contributed by atoms with Gasteiger partial charge in [0, 0.05) is 18.8 Å². The molecule has 1 rings (SSSR count). The Morgan fingerprint density at radius 2 is 1.71 bits per heavy atom. The molecule has 0 aliphatic rings. The van der Waals surface area contributed by atoms with Crippen molar-refractivity contribution in [1.29, 1.82) is 0 Å². The Balaban J connectivity index is 3.15. The Bertz CT molecular complexity index is 343. The average Bonchev–Trinajstić information content (AvgIpc) is 2.31. The van der Waals surface area contributed by atoms with Crippen LogP contribution in [0.2, 0.25) is 0 Å². The lowest BCUT2D eigenvalue weighted by Crippen LogP contribution is -2.27. The Hall–Kier alpha value is -0.630. The van der Waals surface area contributed by atoms with Crippen molar-refractivity contribution in [3.05, 3.63) is 29.8 Å². The van der Waals surface area contributed by atoms with Crippen molar-refractivity contribution in [2.24, 2.45) is 0 Å². The van der Waals surface area contributed by atoms with Crippen LogP contribution in [0.3, 0.4) is 0 Å². The normalized spacial score (nSPS) is 11.6. The molecule has 2 heteroatoms. The first-order valence-electron chi connectivity index (χ1n) is 6.52. The standard InChI is InChI=1S/C15H25NS/c1-5-16(6-2)14-10-8-7-9-13(14)15(3,4)11-12-17/h7-10,17H,5-6,11-12H2,1-4H3. The average molecular weight is 251 g/mol. The van der Waals surface area contributed by atoms with E-state index < -0.39 is 0 Å². The van der Waals surface area contributed by atoms with Gasteiger partial charge in [-0.15, -0.1) is 0 Å². The fourth-order valence-electron chi connectivity index (χ4n) is 2.30. The molecule has 0 aliphatic heterocycles. The molecular formula is C15H25NS. The fraction of sp³-hybridized carbons (Fsp3) is 0.600. The minimum absolute atomic E-state index is 0.195. The molecule has 0 aliphatic carbocycles. The SMILES string of the molecule is CCN(CC)c1ccccc1C(C)(C)CCS. The highest BCUT2D eigenvalue weighted by Gasteiger charge is 2.23. The van der Waals surface area contributed by atoms with E-state index in [2.05, 4.69) is 69.5 Å². The summed E-state index contributed by atoms with van der Waals surface area (Å²) in [5.41, 5.74) is 3.02. The Morgan fingerprint density at radius 1 is 1.12 bits per heavy atom. The molecule has 0 amide bonds. The van der Waals surface area contributed by atoms with Gasteiger partial charge in [-0.2, -0.15) is 12.6 Å². The third-order valence-corrected chi connectivity index (χ3v) is 3.70. The molecule has 1 aromatic carbocycles. The van der Waals surface area contributed by atoms with Crippen LogP contribution in [0.5, 0.6) is 0 Å². The second kappa shape index (κ2) is 6.34. The van der Waals surface area contributed by atoms with Crippen molar-refractivity contribution in [2.75, 3.05) is 23.7 Å². The third kappa shape index (κ3) is 3.41. The highest BCUT2D eigenvalue weighted by atomic mass is 32.1. The highest BCUT2D eigenvalue weighted by Crippen LogP contribution is 2.34. The van der Waals surface area contributed by atoms with Crippen LogP contribution in [-0.4, -0.2) is 18.8 Å². The maximum absolute atomic E-state index is 4.38. The first-order valence-corrected chi connectivity index (χ1v) is 7.15. The highest BCUT2D eigenvalue weighted by molar-refractivity contribution is 7.80. The summed E-state index contributed by atoms with van der Waals surface area (Å²) in [4.78, 5) is 2.43. The summed E-state index contributed by atoms with van der Waals surface area (Å²) in [5.74, 6) is 0.930. The van der Waals surface area contributed by atoms with E-state index in [1.54, 1.807) is 0 Å². The Kier molecular flexibility index (Phi) is 5.38. The predicted molar refractivity (Wildman–Crippen MR) is 81.5 cm³/mol. The second-order valence-corrected chi connectivity index (χ2v) is 5.49. The molecule has 0 fully saturated rings. The minimum Gasteiger partial charge on any atom is -0.372 e. The van der Waals surface area contributed by atoms with Crippen LogP contribution in [0.25, 0.3) is 0 Å². The molecule has 0 saturated carbocycles. The number of hydrogen-bond acceptors (Lipinski definition) is 2. The fourth-order valence-corrected chi connectivity index (χ4v) is 2.86. The number of hydrogen-bond donors (Lipinski definition) is 1. The summed E-state index contributed by atoms with van der Waals surface area (Å²) < 4.78 is 0. The lowest BCUT2D eigenvalue weighted by Gasteiger charge is -2.32. The van der Waals surface area contributed by atoms with Crippen LogP contribution in [0.4, 0.5) is 5.69 Å². The first kappa shape index (κ1) is 14.4. The molecule has 0 atom stereocenters. The van der Waals surface area contributed by atoms with Crippen molar-refractivity contribution in [1.82, 2.24) is 0 Å². The molecule has 0 spiro atoms. The van der Waals surface area contributed by atoms with Gasteiger partial charge >= 0.3 is 0 Å². The Labute approximate surface area is 112 Å². The van der Waals surface area contributed by atoms with E-state index in [0.29, 0.717) is 0 Å². The number of nitrogens with zero attached hydrogens (tertiary/aromatic N) is 1. The zero-order valence-corrected chi connectivity index (χ0v) is 12.4. The maximum atomic E-state index is 4.38. The van der Waals surface area contributed by atoms with Crippen LogP contribution < -0.4 is 4.90 Å². The van der Waals surface area contributed by atoms with E-state index in [1.165, 1.54) is 11.3 Å². The van der Waals surface area contributed by atoms with Crippen LogP contribution in [0.1, 0.15) is 39.7 Å². The number of rotatable bonds is 6. The van der Waals surface area contributed by atoms with Crippen molar-refractivity contribution in [3.8, 4) is 0 Å². The Morgan fingerprint density at radius 3 is 2.24 bits per heavy atom. The van der Waals surface area contributed by atoms with Crippen LogP contribution in [0.15, 0.2) is 24.3 Å². The molecule has 0 aromatic heterocycles. The first-order chi connectivity index (χ1) is 8.06. The van der Waals surface area contributed by atoms with Gasteiger partial charge in [-0.3, -0.25) is 0 Å². The van der Waals surface area contributed by atoms with Crippen LogP contribution in [0, 0.1) is 0 Å². The second-order valence-electron chi connectivity index (χ2n) is 5.05. The summed E-state index contributed by atoms with van der Waals surface area (Å²) >= 11 is 4.38. The van der Waals surface area contributed by atoms with Crippen LogP contribution in [-0.2, 0) is 5.41 Å². The quantitative estimate of drug-likeness (QED) is 0.744. The van der Waals surface area contributed by atoms with E-state index in [4.69, 9.17) is 0 Å². The molecule has 0 unspecified atom stereocenters. The van der Waals surface area contributed by atoms with Gasteiger partial charge in [-0.1, -0.05) is 32.0 Å². The zero-order valence-electron chi connectivity index (χ0n) is 11.5. The molecule has 1 nitrogen and oxygen atoms in total. The smallest absolute Gasteiger partial charge is 0.0404 e. The lowest BCUT2D eigenvalue weighted by molar-refractivity contribution is 0.510. The van der Waals surface area contributed by atoms with Crippen molar-refractivity contribution in [3.63, 3.8) is 0 Å². The molecule has 0 bridgehead atoms. The van der Waals surface area contributed by atoms with Gasteiger partial charge in [-0.25, -0.2) is 0 Å². The molecule has 1 aromatic rings. The molecule has 0 N–H and O–H groups in total. The number of para-hydroxylation sites is 1. The van der Waals surface area contributed by atoms with Crippen molar-refractivity contribution >= 4 is 18.3 Å². The third-order valence-electron chi connectivity index (χ3n) is 3.47. The summed E-state index contributed by atoms with van der Waals surface area (Å²) in [6.45, 7) is 11.2. The van der Waals surface area contributed by atoms with Gasteiger partial charge in [0.05, 0.1) is 0 Å². The molecule has 0 heterocycles. The summed E-state index contributed by atoms with van der Waals surface area (Å²) in [7, 11) is 0. The molecule has 0 saturated heterocycles. The molecule has 17 heavy (non-hydrogen) atoms. The summed E-state index contributed by atoms with van der Waals surface area (Å²) in [6.07, 6.45) is 1.11. The largest absolute Gasteiger partial charge is 0.372 e.